The first kappa shape index (κ1) is 15.0. The van der Waals surface area contributed by atoms with Crippen LogP contribution in [-0.4, -0.2) is 36.6 Å². The molecular formula is C15H32N2. The zero-order valence-corrected chi connectivity index (χ0v) is 12.3. The van der Waals surface area contributed by atoms with Gasteiger partial charge >= 0.3 is 0 Å². The molecular weight excluding hydrogens is 208 g/mol. The summed E-state index contributed by atoms with van der Waals surface area (Å²) >= 11 is 0. The fourth-order valence-electron chi connectivity index (χ4n) is 2.77. The lowest BCUT2D eigenvalue weighted by Crippen LogP contribution is -2.56. The Morgan fingerprint density at radius 3 is 2.65 bits per heavy atom. The maximum atomic E-state index is 3.64. The van der Waals surface area contributed by atoms with Gasteiger partial charge in [0.2, 0.25) is 0 Å². The molecule has 102 valence electrons. The SMILES string of the molecule is CCCCC(CC)CN1CC(CC)NCC1C. The van der Waals surface area contributed by atoms with Crippen LogP contribution in [0.3, 0.4) is 0 Å². The fourth-order valence-corrected chi connectivity index (χ4v) is 2.77. The molecule has 0 amide bonds. The molecule has 1 N–H and O–H groups in total. The Labute approximate surface area is 108 Å². The molecule has 17 heavy (non-hydrogen) atoms. The van der Waals surface area contributed by atoms with Gasteiger partial charge in [0.15, 0.2) is 0 Å². The minimum Gasteiger partial charge on any atom is -0.311 e. The largest absolute Gasteiger partial charge is 0.311 e. The van der Waals surface area contributed by atoms with E-state index in [0.29, 0.717) is 6.04 Å². The molecule has 1 aliphatic heterocycles. The van der Waals surface area contributed by atoms with Gasteiger partial charge in [-0.25, -0.2) is 0 Å². The van der Waals surface area contributed by atoms with Crippen molar-refractivity contribution < 1.29 is 0 Å². The lowest BCUT2D eigenvalue weighted by molar-refractivity contribution is 0.114. The molecule has 2 nitrogen and oxygen atoms in total. The van der Waals surface area contributed by atoms with Crippen LogP contribution in [0.5, 0.6) is 0 Å². The highest BCUT2D eigenvalue weighted by molar-refractivity contribution is 4.84. The van der Waals surface area contributed by atoms with Crippen molar-refractivity contribution in [1.29, 1.82) is 0 Å². The number of hydrogen-bond donors (Lipinski definition) is 1. The van der Waals surface area contributed by atoms with E-state index in [2.05, 4.69) is 37.9 Å². The Kier molecular flexibility index (Phi) is 7.14. The van der Waals surface area contributed by atoms with Crippen molar-refractivity contribution in [3.63, 3.8) is 0 Å². The summed E-state index contributed by atoms with van der Waals surface area (Å²) in [4.78, 5) is 2.72. The third kappa shape index (κ3) is 4.97. The summed E-state index contributed by atoms with van der Waals surface area (Å²) in [5, 5.41) is 3.64. The number of piperazine rings is 1. The molecule has 3 unspecified atom stereocenters. The van der Waals surface area contributed by atoms with Crippen LogP contribution in [0.1, 0.15) is 59.8 Å². The molecule has 0 aromatic rings. The summed E-state index contributed by atoms with van der Waals surface area (Å²) in [7, 11) is 0. The molecule has 3 atom stereocenters. The van der Waals surface area contributed by atoms with Gasteiger partial charge in [0, 0.05) is 31.7 Å². The zero-order chi connectivity index (χ0) is 12.7. The summed E-state index contributed by atoms with van der Waals surface area (Å²) in [6, 6.07) is 1.43. The summed E-state index contributed by atoms with van der Waals surface area (Å²) in [5.41, 5.74) is 0. The number of rotatable bonds is 7. The Morgan fingerprint density at radius 1 is 1.29 bits per heavy atom. The number of unbranched alkanes of at least 4 members (excludes halogenated alkanes) is 1. The second kappa shape index (κ2) is 8.10. The average Bonchev–Trinajstić information content (AvgIpc) is 2.36. The van der Waals surface area contributed by atoms with E-state index >= 15 is 0 Å². The van der Waals surface area contributed by atoms with Gasteiger partial charge in [-0.15, -0.1) is 0 Å². The first-order valence-electron chi connectivity index (χ1n) is 7.68. The van der Waals surface area contributed by atoms with Gasteiger partial charge in [-0.3, -0.25) is 4.90 Å². The smallest absolute Gasteiger partial charge is 0.0193 e. The minimum atomic E-state index is 0.716. The number of nitrogens with zero attached hydrogens (tertiary/aromatic N) is 1. The zero-order valence-electron chi connectivity index (χ0n) is 12.3. The average molecular weight is 240 g/mol. The van der Waals surface area contributed by atoms with Crippen molar-refractivity contribution in [2.75, 3.05) is 19.6 Å². The van der Waals surface area contributed by atoms with Gasteiger partial charge in [-0.1, -0.05) is 40.0 Å². The van der Waals surface area contributed by atoms with Gasteiger partial charge in [-0.05, 0) is 25.7 Å². The van der Waals surface area contributed by atoms with Crippen LogP contribution in [0.25, 0.3) is 0 Å². The van der Waals surface area contributed by atoms with Crippen LogP contribution in [0.4, 0.5) is 0 Å². The Bertz CT molecular complexity index is 193. The van der Waals surface area contributed by atoms with Crippen molar-refractivity contribution in [2.24, 2.45) is 5.92 Å². The van der Waals surface area contributed by atoms with Gasteiger partial charge in [0.1, 0.15) is 0 Å². The summed E-state index contributed by atoms with van der Waals surface area (Å²) in [6.07, 6.45) is 6.75. The fraction of sp³-hybridized carbons (Fsp3) is 1.00. The predicted octanol–water partition coefficient (Wildman–Crippen LogP) is 3.28. The van der Waals surface area contributed by atoms with E-state index in [1.807, 2.05) is 0 Å². The van der Waals surface area contributed by atoms with Crippen LogP contribution in [0.15, 0.2) is 0 Å². The van der Waals surface area contributed by atoms with Crippen LogP contribution in [0, 0.1) is 5.92 Å². The third-order valence-corrected chi connectivity index (χ3v) is 4.31. The molecule has 0 saturated carbocycles. The van der Waals surface area contributed by atoms with E-state index in [1.54, 1.807) is 0 Å². The topological polar surface area (TPSA) is 15.3 Å². The molecule has 0 aromatic carbocycles. The summed E-state index contributed by atoms with van der Waals surface area (Å²) in [5.74, 6) is 0.910. The summed E-state index contributed by atoms with van der Waals surface area (Å²) in [6.45, 7) is 13.0. The molecule has 1 rings (SSSR count). The number of nitrogens with one attached hydrogen (secondary N) is 1. The monoisotopic (exact) mass is 240 g/mol. The van der Waals surface area contributed by atoms with E-state index in [1.165, 1.54) is 51.7 Å². The van der Waals surface area contributed by atoms with E-state index < -0.39 is 0 Å². The van der Waals surface area contributed by atoms with Gasteiger partial charge in [0.25, 0.3) is 0 Å². The maximum absolute atomic E-state index is 3.64. The van der Waals surface area contributed by atoms with Crippen LogP contribution in [0.2, 0.25) is 0 Å². The first-order chi connectivity index (χ1) is 8.21. The molecule has 0 radical (unpaired) electrons. The highest BCUT2D eigenvalue weighted by atomic mass is 15.2. The van der Waals surface area contributed by atoms with E-state index in [9.17, 15) is 0 Å². The Hall–Kier alpha value is -0.0800. The Morgan fingerprint density at radius 2 is 2.06 bits per heavy atom. The predicted molar refractivity (Wildman–Crippen MR) is 76.4 cm³/mol. The standard InChI is InChI=1S/C15H32N2/c1-5-8-9-14(6-2)11-17-12-15(7-3)16-10-13(17)4/h13-16H,5-12H2,1-4H3. The molecule has 1 aliphatic rings. The van der Waals surface area contributed by atoms with Crippen molar-refractivity contribution in [3.05, 3.63) is 0 Å². The Balaban J connectivity index is 2.40. The van der Waals surface area contributed by atoms with E-state index in [4.69, 9.17) is 0 Å². The van der Waals surface area contributed by atoms with E-state index in [0.717, 1.165) is 12.0 Å². The van der Waals surface area contributed by atoms with Crippen molar-refractivity contribution in [3.8, 4) is 0 Å². The van der Waals surface area contributed by atoms with Crippen molar-refractivity contribution in [2.45, 2.75) is 71.9 Å². The van der Waals surface area contributed by atoms with Crippen LogP contribution < -0.4 is 5.32 Å². The van der Waals surface area contributed by atoms with Gasteiger partial charge in [0.05, 0.1) is 0 Å². The molecule has 2 heteroatoms. The third-order valence-electron chi connectivity index (χ3n) is 4.31. The highest BCUT2D eigenvalue weighted by Crippen LogP contribution is 2.18. The second-order valence-electron chi connectivity index (χ2n) is 5.73. The summed E-state index contributed by atoms with van der Waals surface area (Å²) < 4.78 is 0. The van der Waals surface area contributed by atoms with Gasteiger partial charge in [-0.2, -0.15) is 0 Å². The normalized spacial score (nSPS) is 28.2. The minimum absolute atomic E-state index is 0.716. The quantitative estimate of drug-likeness (QED) is 0.735. The lowest BCUT2D eigenvalue weighted by Gasteiger charge is -2.40. The van der Waals surface area contributed by atoms with Crippen LogP contribution in [-0.2, 0) is 0 Å². The molecule has 0 spiro atoms. The lowest BCUT2D eigenvalue weighted by atomic mass is 9.97. The molecule has 0 aliphatic carbocycles. The van der Waals surface area contributed by atoms with Crippen molar-refractivity contribution >= 4 is 0 Å². The van der Waals surface area contributed by atoms with Crippen molar-refractivity contribution in [1.82, 2.24) is 10.2 Å². The maximum Gasteiger partial charge on any atom is 0.0193 e. The van der Waals surface area contributed by atoms with Gasteiger partial charge < -0.3 is 5.32 Å². The van der Waals surface area contributed by atoms with Crippen LogP contribution >= 0.6 is 0 Å². The second-order valence-corrected chi connectivity index (χ2v) is 5.73. The first-order valence-corrected chi connectivity index (χ1v) is 7.68. The highest BCUT2D eigenvalue weighted by Gasteiger charge is 2.25. The van der Waals surface area contributed by atoms with E-state index in [-0.39, 0.29) is 0 Å². The molecule has 0 bridgehead atoms. The molecule has 1 fully saturated rings. The molecule has 0 aromatic heterocycles. The number of hydrogen-bond acceptors (Lipinski definition) is 2. The molecule has 1 saturated heterocycles. The molecule has 1 heterocycles.